The quantitative estimate of drug-likeness (QED) is 0.183. The number of rotatable bonds is 8. The highest BCUT2D eigenvalue weighted by Crippen LogP contribution is 2.89. The number of benzene rings is 1. The zero-order valence-corrected chi connectivity index (χ0v) is 28.8. The van der Waals surface area contributed by atoms with Gasteiger partial charge in [0.15, 0.2) is 11.5 Å². The molecular weight excluding hydrogens is 544 g/mol. The molecule has 0 aromatic heterocycles. The first-order valence-electron chi connectivity index (χ1n) is 17.6. The van der Waals surface area contributed by atoms with Crippen molar-refractivity contribution in [1.29, 1.82) is 0 Å². The molecule has 5 fully saturated rings. The number of carbonyl (C=O) groups is 1. The lowest BCUT2D eigenvalue weighted by atomic mass is 9.41. The van der Waals surface area contributed by atoms with E-state index in [1.54, 1.807) is 24.3 Å². The lowest BCUT2D eigenvalue weighted by molar-refractivity contribution is -0.179. The molecule has 0 saturated heterocycles. The molecule has 1 aromatic rings. The molecule has 242 valence electrons. The minimum Gasteiger partial charge on any atom is -0.504 e. The molecule has 0 bridgehead atoms. The Labute approximate surface area is 267 Å². The highest BCUT2D eigenvalue weighted by atomic mass is 16.5. The number of ether oxygens (including phenoxy) is 2. The summed E-state index contributed by atoms with van der Waals surface area (Å²) >= 11 is 0. The van der Waals surface area contributed by atoms with Gasteiger partial charge in [0.25, 0.3) is 0 Å². The molecule has 1 aromatic carbocycles. The normalized spacial score (nSPS) is 40.6. The zero-order valence-electron chi connectivity index (χ0n) is 28.8. The maximum Gasteiger partial charge on any atom is 0.331 e. The molecule has 4 nitrogen and oxygen atoms in total. The predicted octanol–water partition coefficient (Wildman–Crippen LogP) is 10.1. The SMILES string of the molecule is COc1cc(C=CC(=O)O[C@H]2CC[C@]34C[C@]35CC[C@]3(C)[C@H]([C@H](C)CCC=C(C)C)CC[C@@]3(C)[C@@H]5CC[C@H]4C2(C)C)ccc1O. The van der Waals surface area contributed by atoms with E-state index in [0.29, 0.717) is 33.3 Å². The van der Waals surface area contributed by atoms with Crippen molar-refractivity contribution in [2.24, 2.45) is 50.7 Å². The van der Waals surface area contributed by atoms with E-state index in [4.69, 9.17) is 9.47 Å². The van der Waals surface area contributed by atoms with E-state index in [9.17, 15) is 9.90 Å². The van der Waals surface area contributed by atoms with Crippen LogP contribution in [-0.4, -0.2) is 24.3 Å². The van der Waals surface area contributed by atoms with Crippen LogP contribution >= 0.6 is 0 Å². The van der Waals surface area contributed by atoms with Crippen LogP contribution in [0.4, 0.5) is 0 Å². The van der Waals surface area contributed by atoms with Gasteiger partial charge < -0.3 is 14.6 Å². The predicted molar refractivity (Wildman–Crippen MR) is 178 cm³/mol. The number of fused-ring (bicyclic) bond motifs is 2. The van der Waals surface area contributed by atoms with Crippen molar-refractivity contribution in [3.05, 3.63) is 41.5 Å². The molecule has 0 aliphatic heterocycles. The molecule has 5 aliphatic carbocycles. The molecule has 4 heteroatoms. The molecule has 0 heterocycles. The van der Waals surface area contributed by atoms with E-state index in [0.717, 1.165) is 29.7 Å². The third kappa shape index (κ3) is 4.62. The third-order valence-electron chi connectivity index (χ3n) is 14.8. The first-order valence-corrected chi connectivity index (χ1v) is 17.6. The summed E-state index contributed by atoms with van der Waals surface area (Å²) in [5.41, 5.74) is 4.08. The Hall–Kier alpha value is -2.23. The lowest BCUT2D eigenvalue weighted by Gasteiger charge is -2.63. The van der Waals surface area contributed by atoms with Gasteiger partial charge in [-0.25, -0.2) is 4.79 Å². The molecule has 44 heavy (non-hydrogen) atoms. The van der Waals surface area contributed by atoms with Crippen LogP contribution in [0.3, 0.4) is 0 Å². The minimum absolute atomic E-state index is 0.0305. The fourth-order valence-corrected chi connectivity index (χ4v) is 12.5. The fourth-order valence-electron chi connectivity index (χ4n) is 12.5. The summed E-state index contributed by atoms with van der Waals surface area (Å²) in [6, 6.07) is 5.09. The van der Waals surface area contributed by atoms with Gasteiger partial charge in [0.1, 0.15) is 6.10 Å². The number of esters is 1. The zero-order chi connectivity index (χ0) is 31.7. The van der Waals surface area contributed by atoms with Gasteiger partial charge >= 0.3 is 5.97 Å². The van der Waals surface area contributed by atoms with Crippen LogP contribution < -0.4 is 4.74 Å². The molecule has 1 N–H and O–H groups in total. The number of phenols is 1. The molecule has 0 radical (unpaired) electrons. The highest BCUT2D eigenvalue weighted by molar-refractivity contribution is 5.87. The van der Waals surface area contributed by atoms with Gasteiger partial charge in [-0.2, -0.15) is 0 Å². The lowest BCUT2D eigenvalue weighted by Crippen LogP contribution is -2.58. The fraction of sp³-hybridized carbons (Fsp3) is 0.725. The molecule has 5 saturated carbocycles. The second-order valence-electron chi connectivity index (χ2n) is 17.0. The van der Waals surface area contributed by atoms with Crippen molar-refractivity contribution in [3.8, 4) is 11.5 Å². The minimum atomic E-state index is -0.276. The van der Waals surface area contributed by atoms with E-state index in [1.165, 1.54) is 83.0 Å². The number of hydrogen-bond donors (Lipinski definition) is 1. The van der Waals surface area contributed by atoms with Crippen LogP contribution in [-0.2, 0) is 9.53 Å². The summed E-state index contributed by atoms with van der Waals surface area (Å²) in [4.78, 5) is 13.1. The van der Waals surface area contributed by atoms with Crippen molar-refractivity contribution in [1.82, 2.24) is 0 Å². The number of phenolic OH excluding ortho intramolecular Hbond substituents is 1. The highest BCUT2D eigenvalue weighted by Gasteiger charge is 2.82. The smallest absolute Gasteiger partial charge is 0.331 e. The Morgan fingerprint density at radius 3 is 2.43 bits per heavy atom. The number of methoxy groups -OCH3 is 1. The van der Waals surface area contributed by atoms with Gasteiger partial charge in [-0.3, -0.25) is 0 Å². The van der Waals surface area contributed by atoms with Crippen molar-refractivity contribution >= 4 is 12.0 Å². The van der Waals surface area contributed by atoms with E-state index < -0.39 is 0 Å². The Kier molecular flexibility index (Phi) is 7.89. The number of hydrogen-bond acceptors (Lipinski definition) is 4. The largest absolute Gasteiger partial charge is 0.504 e. The van der Waals surface area contributed by atoms with Crippen molar-refractivity contribution in [3.63, 3.8) is 0 Å². The summed E-state index contributed by atoms with van der Waals surface area (Å²) in [5, 5.41) is 9.88. The molecule has 0 unspecified atom stereocenters. The summed E-state index contributed by atoms with van der Waals surface area (Å²) in [5.74, 6) is 3.33. The molecule has 5 aliphatic rings. The van der Waals surface area contributed by atoms with Crippen molar-refractivity contribution in [2.45, 2.75) is 125 Å². The summed E-state index contributed by atoms with van der Waals surface area (Å²) < 4.78 is 11.4. The number of carbonyl (C=O) groups excluding carboxylic acids is 1. The third-order valence-corrected chi connectivity index (χ3v) is 14.8. The maximum atomic E-state index is 13.1. The van der Waals surface area contributed by atoms with Gasteiger partial charge in [-0.05, 0) is 154 Å². The van der Waals surface area contributed by atoms with E-state index in [-0.39, 0.29) is 23.2 Å². The molecule has 0 amide bonds. The summed E-state index contributed by atoms with van der Waals surface area (Å²) in [7, 11) is 1.53. The van der Waals surface area contributed by atoms with E-state index in [2.05, 4.69) is 54.5 Å². The van der Waals surface area contributed by atoms with Crippen LogP contribution in [0.2, 0.25) is 0 Å². The van der Waals surface area contributed by atoms with Gasteiger partial charge in [-0.1, -0.05) is 52.3 Å². The first-order chi connectivity index (χ1) is 20.7. The van der Waals surface area contributed by atoms with E-state index in [1.807, 2.05) is 0 Å². The summed E-state index contributed by atoms with van der Waals surface area (Å²) in [6.45, 7) is 17.2. The van der Waals surface area contributed by atoms with Crippen LogP contribution in [0, 0.1) is 50.7 Å². The van der Waals surface area contributed by atoms with E-state index >= 15 is 0 Å². The molecular formula is C40H58O4. The monoisotopic (exact) mass is 602 g/mol. The van der Waals surface area contributed by atoms with Crippen LogP contribution in [0.1, 0.15) is 125 Å². The number of aromatic hydroxyl groups is 1. The molecule has 9 atom stereocenters. The van der Waals surface area contributed by atoms with Crippen molar-refractivity contribution < 1.29 is 19.4 Å². The van der Waals surface area contributed by atoms with Crippen LogP contribution in [0.15, 0.2) is 35.9 Å². The van der Waals surface area contributed by atoms with Crippen LogP contribution in [0.25, 0.3) is 6.08 Å². The molecule has 6 rings (SSSR count). The maximum absolute atomic E-state index is 13.1. The number of allylic oxidation sites excluding steroid dienone is 2. The Morgan fingerprint density at radius 2 is 1.70 bits per heavy atom. The van der Waals surface area contributed by atoms with Gasteiger partial charge in [0.05, 0.1) is 7.11 Å². The Balaban J connectivity index is 1.15. The first kappa shape index (κ1) is 31.7. The van der Waals surface area contributed by atoms with Gasteiger partial charge in [-0.15, -0.1) is 0 Å². The van der Waals surface area contributed by atoms with Crippen LogP contribution in [0.5, 0.6) is 11.5 Å². The Bertz CT molecular complexity index is 1340. The van der Waals surface area contributed by atoms with Gasteiger partial charge in [0, 0.05) is 11.5 Å². The second-order valence-corrected chi connectivity index (χ2v) is 17.0. The second kappa shape index (κ2) is 10.9. The average Bonchev–Trinajstić information content (AvgIpc) is 3.55. The average molecular weight is 603 g/mol. The molecule has 2 spiro atoms. The topological polar surface area (TPSA) is 55.8 Å². The van der Waals surface area contributed by atoms with Crippen molar-refractivity contribution in [2.75, 3.05) is 7.11 Å². The Morgan fingerprint density at radius 1 is 0.977 bits per heavy atom. The standard InChI is InChI=1S/C40H58O4/c1-26(2)10-9-11-27(3)29-18-20-38(7)33-16-15-32-36(4,5)34(19-21-39(32)25-40(33,39)23-22-37(29,38)6)44-35(42)17-13-28-12-14-30(41)31(24-28)43-8/h10,12-14,17,24,27,29,32-34,41H,9,11,15-16,18-23,25H2,1-8H3/t27-,29+,32+,33+,34+,37-,38+,39-,40+/m1/s1. The van der Waals surface area contributed by atoms with Gasteiger partial charge in [0.2, 0.25) is 0 Å². The summed E-state index contributed by atoms with van der Waals surface area (Å²) in [6.07, 6.45) is 20.1.